The van der Waals surface area contributed by atoms with E-state index >= 15 is 0 Å². The second-order valence-corrected chi connectivity index (χ2v) is 7.28. The summed E-state index contributed by atoms with van der Waals surface area (Å²) in [6.45, 7) is 1.96. The van der Waals surface area contributed by atoms with Crippen LogP contribution in [0, 0.1) is 0 Å². The zero-order valence-corrected chi connectivity index (χ0v) is 16.9. The van der Waals surface area contributed by atoms with E-state index in [0.717, 1.165) is 21.2 Å². The van der Waals surface area contributed by atoms with Crippen molar-refractivity contribution in [2.45, 2.75) is 13.3 Å². The van der Waals surface area contributed by atoms with Crippen LogP contribution in [0.2, 0.25) is 0 Å². The highest BCUT2D eigenvalue weighted by atomic mass is 79.9. The Hall–Kier alpha value is -3.13. The van der Waals surface area contributed by atoms with E-state index < -0.39 is 0 Å². The number of nitrogens with zero attached hydrogens (tertiary/aromatic N) is 4. The van der Waals surface area contributed by atoms with Crippen molar-refractivity contribution >= 4 is 44.7 Å². The summed E-state index contributed by atoms with van der Waals surface area (Å²) in [5.74, 6) is -0.263. The number of hydrogen-bond donors (Lipinski definition) is 2. The van der Waals surface area contributed by atoms with Gasteiger partial charge in [0.15, 0.2) is 0 Å². The van der Waals surface area contributed by atoms with Crippen LogP contribution in [-0.4, -0.2) is 31.4 Å². The van der Waals surface area contributed by atoms with Gasteiger partial charge in [-0.1, -0.05) is 35.0 Å². The molecule has 2 aromatic heterocycles. The molecule has 0 unspecified atom stereocenters. The third kappa shape index (κ3) is 2.95. The van der Waals surface area contributed by atoms with Crippen molar-refractivity contribution in [2.24, 2.45) is 12.1 Å². The highest BCUT2D eigenvalue weighted by molar-refractivity contribution is 9.10. The number of fused-ring (bicyclic) bond motifs is 3. The fraction of sp³-hybridized carbons (Fsp3) is 0.150. The highest BCUT2D eigenvalue weighted by Crippen LogP contribution is 2.25. The van der Waals surface area contributed by atoms with Crippen molar-refractivity contribution in [2.75, 3.05) is 0 Å². The van der Waals surface area contributed by atoms with Gasteiger partial charge < -0.3 is 9.67 Å². The molecule has 28 heavy (non-hydrogen) atoms. The molecule has 0 saturated heterocycles. The van der Waals surface area contributed by atoms with Gasteiger partial charge in [-0.3, -0.25) is 4.79 Å². The third-order valence-corrected chi connectivity index (χ3v) is 5.14. The number of amides is 1. The molecule has 0 fully saturated rings. The van der Waals surface area contributed by atoms with E-state index in [2.05, 4.69) is 31.6 Å². The number of aromatic nitrogens is 3. The van der Waals surface area contributed by atoms with Crippen LogP contribution in [0.5, 0.6) is 5.75 Å². The zero-order chi connectivity index (χ0) is 19.8. The number of aromatic hydroxyl groups is 1. The first kappa shape index (κ1) is 18.2. The Labute approximate surface area is 169 Å². The first-order chi connectivity index (χ1) is 13.5. The van der Waals surface area contributed by atoms with Gasteiger partial charge in [-0.2, -0.15) is 10.2 Å². The summed E-state index contributed by atoms with van der Waals surface area (Å²) in [5, 5.41) is 18.5. The molecule has 8 heteroatoms. The van der Waals surface area contributed by atoms with Crippen LogP contribution in [0.25, 0.3) is 16.7 Å². The molecule has 4 rings (SSSR count). The Kier molecular flexibility index (Phi) is 4.64. The van der Waals surface area contributed by atoms with Gasteiger partial charge in [-0.15, -0.1) is 0 Å². The molecule has 2 N–H and O–H groups in total. The number of para-hydroxylation sites is 2. The smallest absolute Gasteiger partial charge is 0.277 e. The average molecular weight is 440 g/mol. The van der Waals surface area contributed by atoms with E-state index in [9.17, 15) is 9.90 Å². The van der Waals surface area contributed by atoms with Crippen LogP contribution in [0.1, 0.15) is 28.5 Å². The molecule has 0 aliphatic rings. The maximum atomic E-state index is 12.9. The van der Waals surface area contributed by atoms with Crippen LogP contribution < -0.4 is 5.43 Å². The second kappa shape index (κ2) is 7.12. The number of nitrogens with one attached hydrogen (secondary N) is 1. The quantitative estimate of drug-likeness (QED) is 0.376. The molecule has 7 nitrogen and oxygen atoms in total. The molecular weight excluding hydrogens is 422 g/mol. The van der Waals surface area contributed by atoms with Crippen molar-refractivity contribution in [3.63, 3.8) is 0 Å². The minimum Gasteiger partial charge on any atom is -0.507 e. The number of imidazole rings is 1. The Balaban J connectivity index is 1.72. The number of carbonyl (C=O) groups is 1. The highest BCUT2D eigenvalue weighted by Gasteiger charge is 2.23. The molecule has 2 aromatic carbocycles. The Bertz CT molecular complexity index is 1240. The molecule has 4 aromatic rings. The van der Waals surface area contributed by atoms with Crippen molar-refractivity contribution in [1.29, 1.82) is 0 Å². The van der Waals surface area contributed by atoms with Gasteiger partial charge in [0.25, 0.3) is 5.91 Å². The number of rotatable bonds is 4. The summed E-state index contributed by atoms with van der Waals surface area (Å²) in [7, 11) is 1.92. The van der Waals surface area contributed by atoms with E-state index in [1.807, 2.05) is 42.8 Å². The van der Waals surface area contributed by atoms with E-state index in [4.69, 9.17) is 0 Å². The average Bonchev–Trinajstić information content (AvgIpc) is 3.20. The van der Waals surface area contributed by atoms with E-state index in [0.29, 0.717) is 23.2 Å². The maximum Gasteiger partial charge on any atom is 0.277 e. The lowest BCUT2D eigenvalue weighted by atomic mass is 10.2. The topological polar surface area (TPSA) is 83.9 Å². The van der Waals surface area contributed by atoms with E-state index in [-0.39, 0.29) is 11.7 Å². The summed E-state index contributed by atoms with van der Waals surface area (Å²) in [5.41, 5.74) is 6.90. The number of aryl methyl sites for hydroxylation is 2. The molecule has 0 aliphatic carbocycles. The van der Waals surface area contributed by atoms with Gasteiger partial charge in [0.1, 0.15) is 17.0 Å². The third-order valence-electron chi connectivity index (χ3n) is 4.64. The van der Waals surface area contributed by atoms with Crippen LogP contribution in [0.4, 0.5) is 0 Å². The van der Waals surface area contributed by atoms with Crippen molar-refractivity contribution in [1.82, 2.24) is 19.6 Å². The Morgan fingerprint density at radius 1 is 1.29 bits per heavy atom. The molecule has 0 bridgehead atoms. The van der Waals surface area contributed by atoms with Crippen molar-refractivity contribution in [3.8, 4) is 5.75 Å². The van der Waals surface area contributed by atoms with Gasteiger partial charge in [-0.25, -0.2) is 9.94 Å². The lowest BCUT2D eigenvalue weighted by Crippen LogP contribution is -2.19. The number of halogens is 1. The van der Waals surface area contributed by atoms with Crippen LogP contribution in [0.3, 0.4) is 0 Å². The predicted octanol–water partition coefficient (Wildman–Crippen LogP) is 3.62. The molecule has 0 spiro atoms. The molecule has 1 amide bonds. The largest absolute Gasteiger partial charge is 0.507 e. The first-order valence-corrected chi connectivity index (χ1v) is 9.57. The normalized spacial score (nSPS) is 11.7. The zero-order valence-electron chi connectivity index (χ0n) is 15.3. The molecule has 0 atom stereocenters. The minimum absolute atomic E-state index is 0.0806. The van der Waals surface area contributed by atoms with Gasteiger partial charge in [0, 0.05) is 17.1 Å². The molecule has 0 aliphatic heterocycles. The van der Waals surface area contributed by atoms with E-state index in [1.54, 1.807) is 22.7 Å². The fourth-order valence-corrected chi connectivity index (χ4v) is 3.68. The van der Waals surface area contributed by atoms with Gasteiger partial charge >= 0.3 is 0 Å². The Morgan fingerprint density at radius 3 is 2.79 bits per heavy atom. The molecule has 142 valence electrons. The van der Waals surface area contributed by atoms with Crippen LogP contribution in [0.15, 0.2) is 52.0 Å². The van der Waals surface area contributed by atoms with Gasteiger partial charge in [0.2, 0.25) is 0 Å². The van der Waals surface area contributed by atoms with E-state index in [1.165, 1.54) is 6.21 Å². The summed E-state index contributed by atoms with van der Waals surface area (Å²) >= 11 is 3.35. The second-order valence-electron chi connectivity index (χ2n) is 6.36. The minimum atomic E-state index is -0.344. The van der Waals surface area contributed by atoms with Crippen molar-refractivity contribution < 1.29 is 9.90 Å². The fourth-order valence-electron chi connectivity index (χ4n) is 3.30. The monoisotopic (exact) mass is 439 g/mol. The number of carbonyl (C=O) groups excluding carboxylic acids is 1. The standard InChI is InChI=1S/C20H18BrN5O2/c1-3-14-18(19(28)23-22-11-12-10-13(21)8-9-17(12)27)20-25(2)15-6-4-5-7-16(15)26(20)24-14/h4-11,27H,3H2,1-2H3,(H,23,28)/b22-11+. The Morgan fingerprint density at radius 2 is 2.04 bits per heavy atom. The summed E-state index contributed by atoms with van der Waals surface area (Å²) in [4.78, 5) is 12.9. The van der Waals surface area contributed by atoms with Crippen LogP contribution >= 0.6 is 15.9 Å². The summed E-state index contributed by atoms with van der Waals surface area (Å²) in [6.07, 6.45) is 2.03. The van der Waals surface area contributed by atoms with Gasteiger partial charge in [-0.05, 0) is 36.8 Å². The molecule has 0 saturated carbocycles. The molecule has 2 heterocycles. The lowest BCUT2D eigenvalue weighted by molar-refractivity contribution is 0.0955. The van der Waals surface area contributed by atoms with Crippen LogP contribution in [-0.2, 0) is 13.5 Å². The maximum absolute atomic E-state index is 12.9. The molecular formula is C20H18BrN5O2. The lowest BCUT2D eigenvalue weighted by Gasteiger charge is -2.03. The number of phenols is 1. The number of hydrogen-bond acceptors (Lipinski definition) is 4. The summed E-state index contributed by atoms with van der Waals surface area (Å²) < 4.78 is 4.56. The summed E-state index contributed by atoms with van der Waals surface area (Å²) in [6, 6.07) is 12.9. The number of hydrazone groups is 1. The number of phenolic OH excluding ortho intramolecular Hbond substituents is 1. The first-order valence-electron chi connectivity index (χ1n) is 8.78. The van der Waals surface area contributed by atoms with Gasteiger partial charge in [0.05, 0.1) is 22.9 Å². The SMILES string of the molecule is CCc1nn2c3ccccc3n(C)c2c1C(=O)N/N=C/c1cc(Br)ccc1O. The van der Waals surface area contributed by atoms with Crippen molar-refractivity contribution in [3.05, 3.63) is 63.8 Å². The molecule has 0 radical (unpaired) electrons. The predicted molar refractivity (Wildman–Crippen MR) is 112 cm³/mol. The number of benzene rings is 2.